The van der Waals surface area contributed by atoms with E-state index in [0.717, 1.165) is 38.4 Å². The van der Waals surface area contributed by atoms with Crippen molar-refractivity contribution in [2.24, 2.45) is 0 Å². The molecule has 2 aromatic heterocycles. The van der Waals surface area contributed by atoms with Crippen LogP contribution in [-0.4, -0.2) is 20.2 Å². The summed E-state index contributed by atoms with van der Waals surface area (Å²) < 4.78 is 10.2. The molecule has 0 bridgehead atoms. The molecule has 28 heavy (non-hydrogen) atoms. The van der Waals surface area contributed by atoms with E-state index in [1.807, 2.05) is 54.6 Å². The van der Waals surface area contributed by atoms with Crippen molar-refractivity contribution in [1.29, 1.82) is 0 Å². The minimum atomic E-state index is -0.436. The number of H-pyrrole nitrogens is 1. The third-order valence-electron chi connectivity index (χ3n) is 4.61. The second-order valence-electron chi connectivity index (χ2n) is 6.23. The highest BCUT2D eigenvalue weighted by Crippen LogP contribution is 2.40. The van der Waals surface area contributed by atoms with Crippen LogP contribution in [0.1, 0.15) is 9.67 Å². The van der Waals surface area contributed by atoms with Crippen molar-refractivity contribution in [3.63, 3.8) is 0 Å². The number of benzene rings is 2. The van der Waals surface area contributed by atoms with E-state index in [1.165, 1.54) is 18.4 Å². The van der Waals surface area contributed by atoms with Crippen molar-refractivity contribution < 1.29 is 19.3 Å². The van der Waals surface area contributed by atoms with Gasteiger partial charge in [-0.05, 0) is 29.8 Å². The second kappa shape index (κ2) is 7.32. The van der Waals surface area contributed by atoms with Crippen LogP contribution in [0.15, 0.2) is 60.7 Å². The van der Waals surface area contributed by atoms with Crippen molar-refractivity contribution in [3.8, 4) is 28.1 Å². The van der Waals surface area contributed by atoms with E-state index in [2.05, 4.69) is 11.1 Å². The van der Waals surface area contributed by atoms with Gasteiger partial charge in [0.25, 0.3) is 4.83 Å². The summed E-state index contributed by atoms with van der Waals surface area (Å²) in [5.41, 5.74) is 10.7. The van der Waals surface area contributed by atoms with Crippen molar-refractivity contribution in [3.05, 3.63) is 65.5 Å². The van der Waals surface area contributed by atoms with Crippen LogP contribution in [0.2, 0.25) is 0 Å². The van der Waals surface area contributed by atoms with E-state index < -0.39 is 5.97 Å². The highest BCUT2D eigenvalue weighted by Gasteiger charge is 2.25. The number of nitrogens with one attached hydrogen (secondary N) is 1. The summed E-state index contributed by atoms with van der Waals surface area (Å²) in [6.07, 6.45) is 0. The van der Waals surface area contributed by atoms with E-state index >= 15 is 0 Å². The van der Waals surface area contributed by atoms with Gasteiger partial charge in [-0.2, -0.15) is 4.98 Å². The first-order valence-corrected chi connectivity index (χ1v) is 9.50. The first kappa shape index (κ1) is 18.0. The zero-order chi connectivity index (χ0) is 19.7. The molecule has 0 saturated heterocycles. The average Bonchev–Trinajstić information content (AvgIpc) is 3.10. The Kier molecular flexibility index (Phi) is 4.71. The molecule has 0 aliphatic rings. The number of pyridine rings is 1. The number of rotatable bonds is 4. The molecule has 4 aromatic rings. The van der Waals surface area contributed by atoms with Gasteiger partial charge in [-0.15, -0.1) is 0 Å². The monoisotopic (exact) mass is 391 g/mol. The fourth-order valence-corrected chi connectivity index (χ4v) is 4.26. The summed E-state index contributed by atoms with van der Waals surface area (Å²) >= 11 is 1.30. The number of hydrogen-bond donors (Lipinski definition) is 1. The molecular formula is C22H19N2O3S+. The van der Waals surface area contributed by atoms with E-state index in [0.29, 0.717) is 10.6 Å². The van der Waals surface area contributed by atoms with Gasteiger partial charge in [-0.25, -0.2) is 4.79 Å². The van der Waals surface area contributed by atoms with E-state index in [1.54, 1.807) is 7.11 Å². The zero-order valence-electron chi connectivity index (χ0n) is 15.5. The van der Waals surface area contributed by atoms with Crippen molar-refractivity contribution in [1.82, 2.24) is 0 Å². The molecule has 2 heterocycles. The van der Waals surface area contributed by atoms with E-state index in [9.17, 15) is 4.79 Å². The highest BCUT2D eigenvalue weighted by atomic mass is 32.1. The second-order valence-corrected chi connectivity index (χ2v) is 7.25. The fourth-order valence-electron chi connectivity index (χ4n) is 3.19. The van der Waals surface area contributed by atoms with Crippen LogP contribution in [0.3, 0.4) is 0 Å². The minimum Gasteiger partial charge on any atom is -0.497 e. The number of thiophene rings is 1. The SMILES string of the molecule is COC(=O)c1sc2[nH+]c(-c3ccccc3)cc(-c3ccc(OC)cc3)c2c1N. The predicted octanol–water partition coefficient (Wildman–Crippen LogP) is 4.43. The summed E-state index contributed by atoms with van der Waals surface area (Å²) in [5, 5.41) is 0.815. The summed E-state index contributed by atoms with van der Waals surface area (Å²) in [6.45, 7) is 0. The summed E-state index contributed by atoms with van der Waals surface area (Å²) in [6, 6.07) is 19.9. The molecule has 0 amide bonds. The number of aromatic amines is 1. The normalized spacial score (nSPS) is 10.8. The molecule has 0 saturated carbocycles. The molecule has 0 spiro atoms. The lowest BCUT2D eigenvalue weighted by molar-refractivity contribution is -0.327. The number of esters is 1. The number of methoxy groups -OCH3 is 2. The number of carbonyl (C=O) groups excluding carboxylic acids is 1. The number of carbonyl (C=O) groups is 1. The van der Waals surface area contributed by atoms with Gasteiger partial charge in [-0.3, -0.25) is 0 Å². The van der Waals surface area contributed by atoms with Crippen LogP contribution in [0.5, 0.6) is 5.75 Å². The maximum absolute atomic E-state index is 12.2. The first-order valence-electron chi connectivity index (χ1n) is 8.69. The number of anilines is 1. The molecule has 5 nitrogen and oxygen atoms in total. The van der Waals surface area contributed by atoms with Crippen LogP contribution in [0.25, 0.3) is 32.6 Å². The van der Waals surface area contributed by atoms with Crippen LogP contribution >= 0.6 is 11.3 Å². The van der Waals surface area contributed by atoms with E-state index in [-0.39, 0.29) is 0 Å². The molecule has 0 aliphatic heterocycles. The van der Waals surface area contributed by atoms with Crippen LogP contribution in [0.4, 0.5) is 5.69 Å². The molecule has 0 radical (unpaired) electrons. The standard InChI is InChI=1S/C22H18N2O3S/c1-26-15-10-8-13(9-11-15)16-12-17(14-6-4-3-5-7-14)24-21-18(16)19(23)20(28-21)22(25)27-2/h3-12H,23H2,1-2H3/p+1. The fraction of sp³-hybridized carbons (Fsp3) is 0.0909. The summed E-state index contributed by atoms with van der Waals surface area (Å²) in [7, 11) is 2.99. The number of aromatic nitrogens is 1. The highest BCUT2D eigenvalue weighted by molar-refractivity contribution is 7.20. The molecule has 6 heteroatoms. The molecular weight excluding hydrogens is 372 g/mol. The molecule has 2 aromatic carbocycles. The van der Waals surface area contributed by atoms with Gasteiger partial charge < -0.3 is 15.2 Å². The Morgan fingerprint density at radius 1 is 1.00 bits per heavy atom. The molecule has 0 aliphatic carbocycles. The van der Waals surface area contributed by atoms with Gasteiger partial charge in [0, 0.05) is 17.2 Å². The third kappa shape index (κ3) is 3.08. The predicted molar refractivity (Wildman–Crippen MR) is 112 cm³/mol. The van der Waals surface area contributed by atoms with Gasteiger partial charge in [0.05, 0.1) is 25.3 Å². The van der Waals surface area contributed by atoms with Gasteiger partial charge in [0.15, 0.2) is 0 Å². The van der Waals surface area contributed by atoms with Gasteiger partial charge in [0.1, 0.15) is 10.6 Å². The molecule has 3 N–H and O–H groups in total. The van der Waals surface area contributed by atoms with Crippen molar-refractivity contribution >= 4 is 33.2 Å². The Morgan fingerprint density at radius 2 is 1.71 bits per heavy atom. The third-order valence-corrected chi connectivity index (χ3v) is 5.71. The van der Waals surface area contributed by atoms with Crippen molar-refractivity contribution in [2.75, 3.05) is 20.0 Å². The Bertz CT molecular complexity index is 1150. The Morgan fingerprint density at radius 3 is 2.36 bits per heavy atom. The molecule has 0 unspecified atom stereocenters. The Hall–Kier alpha value is -3.38. The summed E-state index contributed by atoms with van der Waals surface area (Å²) in [5.74, 6) is 0.341. The van der Waals surface area contributed by atoms with E-state index in [4.69, 9.17) is 15.2 Å². The van der Waals surface area contributed by atoms with Gasteiger partial charge >= 0.3 is 5.97 Å². The smallest absolute Gasteiger partial charge is 0.350 e. The van der Waals surface area contributed by atoms with Gasteiger partial charge in [0.2, 0.25) is 5.69 Å². The quantitative estimate of drug-likeness (QED) is 0.522. The number of hydrogen-bond acceptors (Lipinski definition) is 5. The first-order chi connectivity index (χ1) is 13.6. The van der Waals surface area contributed by atoms with Gasteiger partial charge in [-0.1, -0.05) is 41.7 Å². The lowest BCUT2D eigenvalue weighted by Gasteiger charge is -2.06. The number of nitrogens with two attached hydrogens (primary N) is 1. The molecule has 0 fully saturated rings. The van der Waals surface area contributed by atoms with Crippen LogP contribution < -0.4 is 15.5 Å². The lowest BCUT2D eigenvalue weighted by atomic mass is 9.99. The zero-order valence-corrected chi connectivity index (χ0v) is 16.3. The average molecular weight is 391 g/mol. The van der Waals surface area contributed by atoms with Crippen molar-refractivity contribution in [2.45, 2.75) is 0 Å². The Labute approximate surface area is 166 Å². The lowest BCUT2D eigenvalue weighted by Crippen LogP contribution is -2.07. The number of ether oxygens (including phenoxy) is 2. The number of fused-ring (bicyclic) bond motifs is 1. The Balaban J connectivity index is 2.01. The largest absolute Gasteiger partial charge is 0.497 e. The minimum absolute atomic E-state index is 0.397. The maximum Gasteiger partial charge on any atom is 0.350 e. The maximum atomic E-state index is 12.2. The molecule has 4 rings (SSSR count). The molecule has 0 atom stereocenters. The summed E-state index contributed by atoms with van der Waals surface area (Å²) in [4.78, 5) is 16.8. The topological polar surface area (TPSA) is 75.7 Å². The number of nitrogen functional groups attached to an aromatic ring is 1. The molecule has 140 valence electrons. The van der Waals surface area contributed by atoms with Crippen LogP contribution in [0, 0.1) is 0 Å². The van der Waals surface area contributed by atoms with Crippen LogP contribution in [-0.2, 0) is 4.74 Å².